The quantitative estimate of drug-likeness (QED) is 0.488. The molecule has 0 saturated carbocycles. The second-order valence-electron chi connectivity index (χ2n) is 3.70. The Morgan fingerprint density at radius 3 is 2.78 bits per heavy atom. The molecule has 0 saturated heterocycles. The van der Waals surface area contributed by atoms with E-state index in [1.807, 2.05) is 12.3 Å². The van der Waals surface area contributed by atoms with Gasteiger partial charge in [0.1, 0.15) is 5.70 Å². The Kier molecular flexibility index (Phi) is 5.58. The van der Waals surface area contributed by atoms with Gasteiger partial charge in [0.05, 0.1) is 11.5 Å². The van der Waals surface area contributed by atoms with Crippen LogP contribution in [-0.2, 0) is 9.53 Å². The highest BCUT2D eigenvalue weighted by molar-refractivity contribution is 7.12. The van der Waals surface area contributed by atoms with Crippen molar-refractivity contribution < 1.29 is 14.3 Å². The molecule has 1 heterocycles. The van der Waals surface area contributed by atoms with Gasteiger partial charge in [-0.25, -0.2) is 4.79 Å². The summed E-state index contributed by atoms with van der Waals surface area (Å²) in [4.78, 5) is 23.8. The lowest BCUT2D eigenvalue weighted by Gasteiger charge is -2.02. The van der Waals surface area contributed by atoms with Gasteiger partial charge in [0.25, 0.3) is 0 Å². The second kappa shape index (κ2) is 6.96. The smallest absolute Gasteiger partial charge is 0.354 e. The molecule has 5 heteroatoms. The Morgan fingerprint density at radius 2 is 2.17 bits per heavy atom. The molecule has 18 heavy (non-hydrogen) atoms. The topological polar surface area (TPSA) is 69.4 Å². The average molecular weight is 267 g/mol. The van der Waals surface area contributed by atoms with Crippen molar-refractivity contribution in [3.63, 3.8) is 0 Å². The number of thiophene rings is 1. The third-order valence-corrected chi connectivity index (χ3v) is 3.22. The maximum Gasteiger partial charge on any atom is 0.354 e. The molecule has 98 valence electrons. The van der Waals surface area contributed by atoms with Crippen molar-refractivity contribution in [2.75, 3.05) is 6.61 Å². The Hall–Kier alpha value is -1.62. The molecule has 1 rings (SSSR count). The zero-order valence-electron chi connectivity index (χ0n) is 10.6. The van der Waals surface area contributed by atoms with Crippen LogP contribution in [0, 0.1) is 0 Å². The van der Waals surface area contributed by atoms with Gasteiger partial charge >= 0.3 is 5.97 Å². The lowest BCUT2D eigenvalue weighted by molar-refractivity contribution is -0.138. The maximum atomic E-state index is 11.8. The van der Waals surface area contributed by atoms with Gasteiger partial charge in [-0.1, -0.05) is 6.92 Å². The summed E-state index contributed by atoms with van der Waals surface area (Å²) >= 11 is 1.36. The van der Waals surface area contributed by atoms with Crippen molar-refractivity contribution in [3.05, 3.63) is 27.6 Å². The van der Waals surface area contributed by atoms with Crippen molar-refractivity contribution in [1.29, 1.82) is 0 Å². The zero-order valence-corrected chi connectivity index (χ0v) is 11.4. The Bertz CT molecular complexity index is 463. The molecule has 2 N–H and O–H groups in total. The molecule has 4 nitrogen and oxygen atoms in total. The van der Waals surface area contributed by atoms with Gasteiger partial charge in [-0.3, -0.25) is 4.79 Å². The summed E-state index contributed by atoms with van der Waals surface area (Å²) in [7, 11) is 0. The van der Waals surface area contributed by atoms with Gasteiger partial charge in [0, 0.05) is 6.42 Å². The van der Waals surface area contributed by atoms with Gasteiger partial charge in [-0.2, -0.15) is 0 Å². The van der Waals surface area contributed by atoms with Gasteiger partial charge in [0.2, 0.25) is 0 Å². The largest absolute Gasteiger partial charge is 0.461 e. The van der Waals surface area contributed by atoms with E-state index in [1.54, 1.807) is 13.0 Å². The fraction of sp³-hybridized carbons (Fsp3) is 0.385. The van der Waals surface area contributed by atoms with E-state index in [0.29, 0.717) is 16.9 Å². The molecular weight excluding hydrogens is 250 g/mol. The predicted octanol–water partition coefficient (Wildman–Crippen LogP) is 2.59. The van der Waals surface area contributed by atoms with Gasteiger partial charge in [0.15, 0.2) is 5.78 Å². The Morgan fingerprint density at radius 1 is 1.44 bits per heavy atom. The lowest BCUT2D eigenvalue weighted by Crippen LogP contribution is -2.14. The molecule has 0 unspecified atom stereocenters. The number of Topliss-reactive ketones (excluding diaryl/α,β-unsaturated/α-hetero) is 1. The number of rotatable bonds is 6. The van der Waals surface area contributed by atoms with E-state index in [-0.39, 0.29) is 18.1 Å². The van der Waals surface area contributed by atoms with E-state index in [2.05, 4.69) is 0 Å². The predicted molar refractivity (Wildman–Crippen MR) is 72.4 cm³/mol. The number of carbonyl (C=O) groups is 2. The minimum Gasteiger partial charge on any atom is -0.461 e. The van der Waals surface area contributed by atoms with Crippen LogP contribution in [0.4, 0.5) is 0 Å². The van der Waals surface area contributed by atoms with Crippen molar-refractivity contribution >= 4 is 29.2 Å². The van der Waals surface area contributed by atoms with Crippen LogP contribution in [0.1, 0.15) is 41.9 Å². The zero-order chi connectivity index (χ0) is 13.5. The summed E-state index contributed by atoms with van der Waals surface area (Å²) in [5.74, 6) is -0.479. The normalized spacial score (nSPS) is 11.3. The van der Waals surface area contributed by atoms with E-state index < -0.39 is 5.97 Å². The number of ether oxygens (including phenoxy) is 1. The average Bonchev–Trinajstić information content (AvgIpc) is 2.77. The molecule has 0 aliphatic heterocycles. The molecule has 0 amide bonds. The number of nitrogens with two attached hydrogens (primary N) is 1. The highest BCUT2D eigenvalue weighted by atomic mass is 32.1. The van der Waals surface area contributed by atoms with Crippen molar-refractivity contribution in [2.45, 2.75) is 26.7 Å². The first-order valence-electron chi connectivity index (χ1n) is 5.85. The summed E-state index contributed by atoms with van der Waals surface area (Å²) < 4.78 is 4.79. The molecule has 0 aliphatic carbocycles. The SMILES string of the molecule is CCCC(=O)c1sccc1C=C(N)C(=O)OCC. The second-order valence-corrected chi connectivity index (χ2v) is 4.61. The summed E-state index contributed by atoms with van der Waals surface area (Å²) in [6.07, 6.45) is 2.80. The fourth-order valence-electron chi connectivity index (χ4n) is 1.44. The summed E-state index contributed by atoms with van der Waals surface area (Å²) in [5, 5.41) is 1.81. The highest BCUT2D eigenvalue weighted by Gasteiger charge is 2.13. The van der Waals surface area contributed by atoms with Crippen molar-refractivity contribution in [3.8, 4) is 0 Å². The third kappa shape index (κ3) is 3.70. The number of hydrogen-bond acceptors (Lipinski definition) is 5. The minimum atomic E-state index is -0.558. The van der Waals surface area contributed by atoms with Crippen LogP contribution in [-0.4, -0.2) is 18.4 Å². The minimum absolute atomic E-state index is 0.0146. The molecule has 1 aromatic heterocycles. The van der Waals surface area contributed by atoms with Crippen LogP contribution >= 0.6 is 11.3 Å². The first kappa shape index (κ1) is 14.4. The summed E-state index contributed by atoms with van der Waals surface area (Å²) in [5.41, 5.74) is 6.32. The first-order chi connectivity index (χ1) is 8.60. The van der Waals surface area contributed by atoms with Crippen molar-refractivity contribution in [2.24, 2.45) is 5.73 Å². The van der Waals surface area contributed by atoms with Gasteiger partial charge < -0.3 is 10.5 Å². The van der Waals surface area contributed by atoms with Gasteiger partial charge in [-0.05, 0) is 36.4 Å². The third-order valence-electron chi connectivity index (χ3n) is 2.25. The molecule has 0 radical (unpaired) electrons. The fourth-order valence-corrected chi connectivity index (χ4v) is 2.29. The number of hydrogen-bond donors (Lipinski definition) is 1. The molecule has 1 aromatic rings. The molecular formula is C13H17NO3S. The van der Waals surface area contributed by atoms with E-state index in [4.69, 9.17) is 10.5 Å². The lowest BCUT2D eigenvalue weighted by atomic mass is 10.1. The number of carbonyl (C=O) groups excluding carboxylic acids is 2. The van der Waals surface area contributed by atoms with E-state index in [0.717, 1.165) is 6.42 Å². The first-order valence-corrected chi connectivity index (χ1v) is 6.73. The van der Waals surface area contributed by atoms with E-state index in [1.165, 1.54) is 17.4 Å². The standard InChI is InChI=1S/C13H17NO3S/c1-3-5-11(15)12-9(6-7-18-12)8-10(14)13(16)17-4-2/h6-8H,3-5,14H2,1-2H3. The van der Waals surface area contributed by atoms with Crippen LogP contribution in [0.5, 0.6) is 0 Å². The molecule has 0 spiro atoms. The van der Waals surface area contributed by atoms with Crippen LogP contribution in [0.3, 0.4) is 0 Å². The van der Waals surface area contributed by atoms with Crippen LogP contribution in [0.15, 0.2) is 17.1 Å². The van der Waals surface area contributed by atoms with E-state index >= 15 is 0 Å². The van der Waals surface area contributed by atoms with Crippen LogP contribution in [0.2, 0.25) is 0 Å². The number of ketones is 1. The van der Waals surface area contributed by atoms with Crippen LogP contribution in [0.25, 0.3) is 6.08 Å². The molecule has 0 aromatic carbocycles. The summed E-state index contributed by atoms with van der Waals surface area (Å²) in [6, 6.07) is 1.78. The molecule has 0 atom stereocenters. The van der Waals surface area contributed by atoms with E-state index in [9.17, 15) is 9.59 Å². The van der Waals surface area contributed by atoms with Gasteiger partial charge in [-0.15, -0.1) is 11.3 Å². The Balaban J connectivity index is 2.91. The molecule has 0 aliphatic rings. The highest BCUT2D eigenvalue weighted by Crippen LogP contribution is 2.21. The summed E-state index contributed by atoms with van der Waals surface area (Å²) in [6.45, 7) is 3.94. The van der Waals surface area contributed by atoms with Crippen LogP contribution < -0.4 is 5.73 Å². The molecule has 0 fully saturated rings. The number of esters is 1. The maximum absolute atomic E-state index is 11.8. The Labute approximate surface area is 110 Å². The van der Waals surface area contributed by atoms with Crippen molar-refractivity contribution in [1.82, 2.24) is 0 Å². The monoisotopic (exact) mass is 267 g/mol. The molecule has 0 bridgehead atoms.